The fourth-order valence-corrected chi connectivity index (χ4v) is 2.96. The van der Waals surface area contributed by atoms with E-state index in [1.165, 1.54) is 25.0 Å². The largest absolute Gasteiger partial charge is 0.365 e. The van der Waals surface area contributed by atoms with Crippen LogP contribution in [-0.4, -0.2) is 35.2 Å². The van der Waals surface area contributed by atoms with Gasteiger partial charge in [-0.2, -0.15) is 5.10 Å². The van der Waals surface area contributed by atoms with Crippen LogP contribution in [0.5, 0.6) is 0 Å². The van der Waals surface area contributed by atoms with Gasteiger partial charge in [0.1, 0.15) is 5.69 Å². The van der Waals surface area contributed by atoms with Gasteiger partial charge in [0.05, 0.1) is 11.4 Å². The molecule has 22 heavy (non-hydrogen) atoms. The molecular formula is C16H16N4O2. The van der Waals surface area contributed by atoms with E-state index in [0.717, 1.165) is 17.9 Å². The molecule has 1 N–H and O–H groups in total. The number of amides is 1. The Morgan fingerprint density at radius 2 is 1.86 bits per heavy atom. The van der Waals surface area contributed by atoms with E-state index in [0.29, 0.717) is 12.6 Å². The number of carbonyl (C=O) groups excluding carboxylic acids is 1. The van der Waals surface area contributed by atoms with Gasteiger partial charge in [-0.3, -0.25) is 9.59 Å². The lowest BCUT2D eigenvalue weighted by atomic mass is 10.1. The number of H-pyrrole nitrogens is 1. The number of fused-ring (bicyclic) bond motifs is 1. The van der Waals surface area contributed by atoms with E-state index in [-0.39, 0.29) is 17.2 Å². The van der Waals surface area contributed by atoms with E-state index < -0.39 is 0 Å². The molecule has 0 bridgehead atoms. The first-order valence-corrected chi connectivity index (χ1v) is 7.47. The van der Waals surface area contributed by atoms with Crippen LogP contribution in [0.3, 0.4) is 0 Å². The quantitative estimate of drug-likeness (QED) is 0.909. The molecule has 1 aliphatic heterocycles. The van der Waals surface area contributed by atoms with Crippen molar-refractivity contribution in [2.45, 2.75) is 18.9 Å². The van der Waals surface area contributed by atoms with Crippen molar-refractivity contribution in [2.24, 2.45) is 0 Å². The van der Waals surface area contributed by atoms with Crippen LogP contribution in [-0.2, 0) is 0 Å². The van der Waals surface area contributed by atoms with Crippen molar-refractivity contribution in [1.82, 2.24) is 10.2 Å². The summed E-state index contributed by atoms with van der Waals surface area (Å²) in [7, 11) is 0. The third kappa shape index (κ3) is 2.16. The van der Waals surface area contributed by atoms with Gasteiger partial charge in [-0.25, -0.2) is 5.10 Å². The molecule has 6 nitrogen and oxygen atoms in total. The second-order valence-electron chi connectivity index (χ2n) is 5.68. The molecule has 1 amide bonds. The van der Waals surface area contributed by atoms with Crippen molar-refractivity contribution in [3.05, 3.63) is 52.4 Å². The summed E-state index contributed by atoms with van der Waals surface area (Å²) < 4.78 is 0. The number of benzene rings is 1. The summed E-state index contributed by atoms with van der Waals surface area (Å²) in [6.07, 6.45) is 2.45. The maximum Gasteiger partial charge on any atom is 0.278 e. The van der Waals surface area contributed by atoms with Crippen LogP contribution in [0, 0.1) is 0 Å². The van der Waals surface area contributed by atoms with Crippen molar-refractivity contribution in [1.29, 1.82) is 0 Å². The van der Waals surface area contributed by atoms with E-state index in [4.69, 9.17) is 0 Å². The number of hydrogen-bond donors (Lipinski definition) is 1. The van der Waals surface area contributed by atoms with E-state index in [1.807, 2.05) is 18.2 Å². The molecule has 1 aromatic carbocycles. The molecular weight excluding hydrogens is 280 g/mol. The van der Waals surface area contributed by atoms with Crippen molar-refractivity contribution in [3.8, 4) is 0 Å². The average Bonchev–Trinajstić information content (AvgIpc) is 3.39. The van der Waals surface area contributed by atoms with Crippen LogP contribution >= 0.6 is 0 Å². The highest BCUT2D eigenvalue weighted by molar-refractivity contribution is 6.07. The Labute approximate surface area is 127 Å². The fraction of sp³-hybridized carbons (Fsp3) is 0.312. The number of carbonyl (C=O) groups is 1. The lowest BCUT2D eigenvalue weighted by molar-refractivity contribution is 0.0980. The monoisotopic (exact) mass is 296 g/mol. The number of rotatable bonds is 2. The molecule has 0 saturated heterocycles. The Hall–Kier alpha value is -2.63. The SMILES string of the molecule is O=C(c1ccc(=O)[nH]n1)N1CCN(C2CC2)c2ccccc21. The van der Waals surface area contributed by atoms with Crippen molar-refractivity contribution >= 4 is 17.3 Å². The Bertz CT molecular complexity index is 761. The third-order valence-corrected chi connectivity index (χ3v) is 4.18. The summed E-state index contributed by atoms with van der Waals surface area (Å²) in [6, 6.07) is 11.4. The minimum absolute atomic E-state index is 0.181. The van der Waals surface area contributed by atoms with Crippen LogP contribution in [0.4, 0.5) is 11.4 Å². The lowest BCUT2D eigenvalue weighted by Gasteiger charge is -2.37. The number of anilines is 2. The van der Waals surface area contributed by atoms with E-state index in [9.17, 15) is 9.59 Å². The van der Waals surface area contributed by atoms with Gasteiger partial charge in [0.25, 0.3) is 11.5 Å². The molecule has 112 valence electrons. The average molecular weight is 296 g/mol. The number of aromatic amines is 1. The number of nitrogens with one attached hydrogen (secondary N) is 1. The Morgan fingerprint density at radius 1 is 1.09 bits per heavy atom. The fourth-order valence-electron chi connectivity index (χ4n) is 2.96. The summed E-state index contributed by atoms with van der Waals surface area (Å²) in [5.41, 5.74) is 1.97. The van der Waals surface area contributed by atoms with Crippen molar-refractivity contribution in [3.63, 3.8) is 0 Å². The number of hydrogen-bond acceptors (Lipinski definition) is 4. The minimum Gasteiger partial charge on any atom is -0.365 e. The molecule has 1 fully saturated rings. The van der Waals surface area contributed by atoms with Crippen LogP contribution in [0.2, 0.25) is 0 Å². The smallest absolute Gasteiger partial charge is 0.278 e. The van der Waals surface area contributed by atoms with E-state index >= 15 is 0 Å². The zero-order valence-corrected chi connectivity index (χ0v) is 12.0. The number of aromatic nitrogens is 2. The van der Waals surface area contributed by atoms with Gasteiger partial charge in [-0.05, 0) is 31.0 Å². The Morgan fingerprint density at radius 3 is 2.55 bits per heavy atom. The van der Waals surface area contributed by atoms with Gasteiger partial charge in [0, 0.05) is 25.2 Å². The molecule has 0 spiro atoms. The van der Waals surface area contributed by atoms with Crippen LogP contribution < -0.4 is 15.4 Å². The third-order valence-electron chi connectivity index (χ3n) is 4.18. The normalized spacial score (nSPS) is 17.3. The molecule has 2 aliphatic rings. The van der Waals surface area contributed by atoms with Crippen LogP contribution in [0.25, 0.3) is 0 Å². The molecule has 2 aromatic rings. The zero-order chi connectivity index (χ0) is 15.1. The summed E-state index contributed by atoms with van der Waals surface area (Å²) in [6.45, 7) is 1.46. The first-order chi connectivity index (χ1) is 10.7. The second-order valence-corrected chi connectivity index (χ2v) is 5.68. The molecule has 1 aromatic heterocycles. The summed E-state index contributed by atoms with van der Waals surface area (Å²) >= 11 is 0. The first-order valence-electron chi connectivity index (χ1n) is 7.47. The topological polar surface area (TPSA) is 69.3 Å². The van der Waals surface area contributed by atoms with Gasteiger partial charge < -0.3 is 9.80 Å². The molecule has 0 radical (unpaired) electrons. The van der Waals surface area contributed by atoms with Crippen LogP contribution in [0.1, 0.15) is 23.3 Å². The standard InChI is InChI=1S/C16H16N4O2/c21-15-8-7-12(17-18-15)16(22)20-10-9-19(11-5-6-11)13-3-1-2-4-14(13)20/h1-4,7-8,11H,5-6,9-10H2,(H,18,21). The van der Waals surface area contributed by atoms with Crippen LogP contribution in [0.15, 0.2) is 41.2 Å². The second kappa shape index (κ2) is 4.98. The minimum atomic E-state index is -0.310. The molecule has 1 saturated carbocycles. The van der Waals surface area contributed by atoms with Gasteiger partial charge in [0.15, 0.2) is 0 Å². The van der Waals surface area contributed by atoms with Gasteiger partial charge >= 0.3 is 0 Å². The van der Waals surface area contributed by atoms with Gasteiger partial charge in [0.2, 0.25) is 0 Å². The van der Waals surface area contributed by atoms with E-state index in [1.54, 1.807) is 4.90 Å². The predicted molar refractivity (Wildman–Crippen MR) is 83.3 cm³/mol. The summed E-state index contributed by atoms with van der Waals surface area (Å²) in [4.78, 5) is 27.9. The maximum absolute atomic E-state index is 12.7. The van der Waals surface area contributed by atoms with Crippen molar-refractivity contribution in [2.75, 3.05) is 22.9 Å². The van der Waals surface area contributed by atoms with Gasteiger partial charge in [-0.1, -0.05) is 12.1 Å². The molecule has 4 rings (SSSR count). The summed E-state index contributed by atoms with van der Waals surface area (Å²) in [5.74, 6) is -0.181. The molecule has 0 atom stereocenters. The number of para-hydroxylation sites is 2. The Kier molecular flexibility index (Phi) is 2.96. The Balaban J connectivity index is 1.70. The van der Waals surface area contributed by atoms with E-state index in [2.05, 4.69) is 21.2 Å². The number of nitrogens with zero attached hydrogens (tertiary/aromatic N) is 3. The zero-order valence-electron chi connectivity index (χ0n) is 12.0. The molecule has 6 heteroatoms. The highest BCUT2D eigenvalue weighted by atomic mass is 16.2. The highest BCUT2D eigenvalue weighted by Crippen LogP contribution is 2.40. The molecule has 1 aliphatic carbocycles. The lowest BCUT2D eigenvalue weighted by Crippen LogP contribution is -2.45. The highest BCUT2D eigenvalue weighted by Gasteiger charge is 2.35. The maximum atomic E-state index is 12.7. The van der Waals surface area contributed by atoms with Gasteiger partial charge in [-0.15, -0.1) is 0 Å². The van der Waals surface area contributed by atoms with Crippen molar-refractivity contribution < 1.29 is 4.79 Å². The summed E-state index contributed by atoms with van der Waals surface area (Å²) in [5, 5.41) is 6.17. The molecule has 0 unspecified atom stereocenters. The predicted octanol–water partition coefficient (Wildman–Crippen LogP) is 1.40. The molecule has 2 heterocycles. The first kappa shape index (κ1) is 13.1.